The summed E-state index contributed by atoms with van der Waals surface area (Å²) in [5.74, 6) is 6.50. The molecule has 0 radical (unpaired) electrons. The standard InChI is InChI=1S/C11H11BrClN5/c12-9-10(16-6-17-11(9)18-14)15-5-7-3-1-2-4-8(7)13/h1-4,6H,5,14H2,(H2,15,16,17,18). The SMILES string of the molecule is NNc1ncnc(NCc2ccccc2Cl)c1Br. The molecule has 1 aromatic heterocycles. The van der Waals surface area contributed by atoms with E-state index in [4.69, 9.17) is 17.4 Å². The molecule has 94 valence electrons. The van der Waals surface area contributed by atoms with Gasteiger partial charge in [-0.3, -0.25) is 0 Å². The number of hydrogen-bond acceptors (Lipinski definition) is 5. The Morgan fingerprint density at radius 2 is 1.94 bits per heavy atom. The van der Waals surface area contributed by atoms with Gasteiger partial charge in [-0.15, -0.1) is 0 Å². The van der Waals surface area contributed by atoms with E-state index in [0.717, 1.165) is 5.56 Å². The highest BCUT2D eigenvalue weighted by atomic mass is 79.9. The average Bonchev–Trinajstić information content (AvgIpc) is 2.39. The lowest BCUT2D eigenvalue weighted by molar-refractivity contribution is 1.06. The van der Waals surface area contributed by atoms with Crippen LogP contribution in [0.1, 0.15) is 5.56 Å². The van der Waals surface area contributed by atoms with Gasteiger partial charge < -0.3 is 10.7 Å². The molecule has 1 aromatic carbocycles. The Balaban J connectivity index is 2.14. The van der Waals surface area contributed by atoms with Gasteiger partial charge in [0.05, 0.1) is 0 Å². The van der Waals surface area contributed by atoms with Gasteiger partial charge in [0.2, 0.25) is 0 Å². The number of nitrogen functional groups attached to an aromatic ring is 1. The van der Waals surface area contributed by atoms with Crippen molar-refractivity contribution in [1.82, 2.24) is 9.97 Å². The second kappa shape index (κ2) is 5.99. The molecule has 0 fully saturated rings. The predicted octanol–water partition coefficient (Wildman–Crippen LogP) is 2.79. The molecule has 0 aliphatic carbocycles. The minimum atomic E-state index is 0.520. The Labute approximate surface area is 118 Å². The number of nitrogens with two attached hydrogens (primary N) is 1. The van der Waals surface area contributed by atoms with Gasteiger partial charge in [0.15, 0.2) is 5.82 Å². The summed E-state index contributed by atoms with van der Waals surface area (Å²) in [6.45, 7) is 0.569. The first-order valence-corrected chi connectivity index (χ1v) is 6.34. The summed E-state index contributed by atoms with van der Waals surface area (Å²) in [6.07, 6.45) is 1.43. The maximum absolute atomic E-state index is 6.07. The maximum Gasteiger partial charge on any atom is 0.159 e. The van der Waals surface area contributed by atoms with E-state index in [1.54, 1.807) is 0 Å². The number of rotatable bonds is 4. The van der Waals surface area contributed by atoms with Gasteiger partial charge >= 0.3 is 0 Å². The largest absolute Gasteiger partial charge is 0.365 e. The maximum atomic E-state index is 6.07. The van der Waals surface area contributed by atoms with Crippen LogP contribution in [0, 0.1) is 0 Å². The first-order valence-electron chi connectivity index (χ1n) is 5.16. The molecular weight excluding hydrogens is 318 g/mol. The third kappa shape index (κ3) is 2.90. The Hall–Kier alpha value is -1.37. The fourth-order valence-corrected chi connectivity index (χ4v) is 2.08. The Morgan fingerprint density at radius 1 is 1.22 bits per heavy atom. The summed E-state index contributed by atoms with van der Waals surface area (Å²) in [4.78, 5) is 8.09. The van der Waals surface area contributed by atoms with E-state index in [-0.39, 0.29) is 0 Å². The monoisotopic (exact) mass is 327 g/mol. The quantitative estimate of drug-likeness (QED) is 0.594. The molecule has 0 unspecified atom stereocenters. The van der Waals surface area contributed by atoms with Crippen LogP contribution in [0.4, 0.5) is 11.6 Å². The summed E-state index contributed by atoms with van der Waals surface area (Å²) < 4.78 is 0.680. The van der Waals surface area contributed by atoms with Crippen LogP contribution >= 0.6 is 27.5 Å². The number of benzene rings is 1. The Kier molecular flexibility index (Phi) is 4.35. The lowest BCUT2D eigenvalue weighted by Crippen LogP contribution is -2.11. The summed E-state index contributed by atoms with van der Waals surface area (Å²) in [7, 11) is 0. The molecule has 0 bridgehead atoms. The van der Waals surface area contributed by atoms with Crippen molar-refractivity contribution in [2.75, 3.05) is 10.7 Å². The fraction of sp³-hybridized carbons (Fsp3) is 0.0909. The number of hydrazine groups is 1. The highest BCUT2D eigenvalue weighted by Crippen LogP contribution is 2.26. The van der Waals surface area contributed by atoms with Crippen molar-refractivity contribution < 1.29 is 0 Å². The lowest BCUT2D eigenvalue weighted by Gasteiger charge is -2.10. The number of nitrogens with one attached hydrogen (secondary N) is 2. The number of hydrogen-bond donors (Lipinski definition) is 3. The van der Waals surface area contributed by atoms with Crippen LogP contribution in [0.25, 0.3) is 0 Å². The molecule has 0 aliphatic heterocycles. The van der Waals surface area contributed by atoms with Crippen molar-refractivity contribution in [3.63, 3.8) is 0 Å². The van der Waals surface area contributed by atoms with Crippen molar-refractivity contribution >= 4 is 39.2 Å². The third-order valence-electron chi connectivity index (χ3n) is 2.33. The van der Waals surface area contributed by atoms with E-state index < -0.39 is 0 Å². The van der Waals surface area contributed by atoms with Crippen LogP contribution in [-0.2, 0) is 6.54 Å². The molecule has 4 N–H and O–H groups in total. The van der Waals surface area contributed by atoms with Crippen LogP contribution < -0.4 is 16.6 Å². The normalized spacial score (nSPS) is 10.2. The number of nitrogens with zero attached hydrogens (tertiary/aromatic N) is 2. The summed E-state index contributed by atoms with van der Waals surface area (Å²) in [5, 5.41) is 3.88. The zero-order valence-corrected chi connectivity index (χ0v) is 11.7. The van der Waals surface area contributed by atoms with E-state index in [2.05, 4.69) is 36.6 Å². The zero-order chi connectivity index (χ0) is 13.0. The topological polar surface area (TPSA) is 75.9 Å². The van der Waals surface area contributed by atoms with Crippen LogP contribution in [0.15, 0.2) is 35.1 Å². The van der Waals surface area contributed by atoms with Crippen molar-refractivity contribution in [1.29, 1.82) is 0 Å². The molecule has 0 aliphatic rings. The summed E-state index contributed by atoms with van der Waals surface area (Å²) in [6, 6.07) is 7.63. The van der Waals surface area contributed by atoms with Crippen LogP contribution in [0.3, 0.4) is 0 Å². The summed E-state index contributed by atoms with van der Waals surface area (Å²) in [5.41, 5.74) is 3.47. The van der Waals surface area contributed by atoms with E-state index in [9.17, 15) is 0 Å². The first-order chi connectivity index (χ1) is 8.72. The molecule has 0 saturated heterocycles. The minimum absolute atomic E-state index is 0.520. The predicted molar refractivity (Wildman–Crippen MR) is 76.3 cm³/mol. The van der Waals surface area contributed by atoms with Gasteiger partial charge in [-0.1, -0.05) is 29.8 Å². The first kappa shape index (κ1) is 13.1. The second-order valence-corrected chi connectivity index (χ2v) is 4.67. The van der Waals surface area contributed by atoms with Crippen molar-refractivity contribution in [3.8, 4) is 0 Å². The molecule has 7 heteroatoms. The molecule has 18 heavy (non-hydrogen) atoms. The molecule has 0 atom stereocenters. The van der Waals surface area contributed by atoms with Gasteiger partial charge in [-0.25, -0.2) is 15.8 Å². The molecule has 2 aromatic rings. The minimum Gasteiger partial charge on any atom is -0.365 e. The van der Waals surface area contributed by atoms with Crippen molar-refractivity contribution in [2.24, 2.45) is 5.84 Å². The van der Waals surface area contributed by atoms with E-state index in [1.165, 1.54) is 6.33 Å². The van der Waals surface area contributed by atoms with Gasteiger partial charge in [0.25, 0.3) is 0 Å². The van der Waals surface area contributed by atoms with Gasteiger partial charge in [0, 0.05) is 11.6 Å². The van der Waals surface area contributed by atoms with Gasteiger partial charge in [-0.05, 0) is 27.6 Å². The molecular formula is C11H11BrClN5. The fourth-order valence-electron chi connectivity index (χ4n) is 1.41. The Bertz CT molecular complexity index is 549. The van der Waals surface area contributed by atoms with E-state index in [1.807, 2.05) is 24.3 Å². The lowest BCUT2D eigenvalue weighted by atomic mass is 10.2. The zero-order valence-electron chi connectivity index (χ0n) is 9.32. The average molecular weight is 329 g/mol. The number of halogens is 2. The molecule has 0 amide bonds. The van der Waals surface area contributed by atoms with Crippen molar-refractivity contribution in [2.45, 2.75) is 6.54 Å². The van der Waals surface area contributed by atoms with E-state index >= 15 is 0 Å². The smallest absolute Gasteiger partial charge is 0.159 e. The number of anilines is 2. The van der Waals surface area contributed by atoms with Crippen LogP contribution in [0.2, 0.25) is 5.02 Å². The molecule has 1 heterocycles. The van der Waals surface area contributed by atoms with Crippen LogP contribution in [0.5, 0.6) is 0 Å². The molecule has 2 rings (SSSR count). The summed E-state index contributed by atoms with van der Waals surface area (Å²) >= 11 is 9.44. The van der Waals surface area contributed by atoms with Crippen molar-refractivity contribution in [3.05, 3.63) is 45.7 Å². The van der Waals surface area contributed by atoms with Gasteiger partial charge in [-0.2, -0.15) is 0 Å². The van der Waals surface area contributed by atoms with E-state index in [0.29, 0.717) is 27.7 Å². The Morgan fingerprint density at radius 3 is 2.67 bits per heavy atom. The number of aromatic nitrogens is 2. The highest BCUT2D eigenvalue weighted by Gasteiger charge is 2.07. The molecule has 5 nitrogen and oxygen atoms in total. The third-order valence-corrected chi connectivity index (χ3v) is 3.45. The van der Waals surface area contributed by atoms with Gasteiger partial charge in [0.1, 0.15) is 16.6 Å². The van der Waals surface area contributed by atoms with Crippen LogP contribution in [-0.4, -0.2) is 9.97 Å². The second-order valence-electron chi connectivity index (χ2n) is 3.47. The highest BCUT2D eigenvalue weighted by molar-refractivity contribution is 9.10. The molecule has 0 spiro atoms. The molecule has 0 saturated carbocycles.